The SMILES string of the molecule is COc1ccc(Br)c(C(Br)Cc2ccccn2)c1. The maximum absolute atomic E-state index is 5.25. The van der Waals surface area contributed by atoms with Crippen LogP contribution >= 0.6 is 31.9 Å². The molecule has 1 aromatic heterocycles. The van der Waals surface area contributed by atoms with Crippen molar-refractivity contribution < 1.29 is 4.74 Å². The second kappa shape index (κ2) is 6.34. The lowest BCUT2D eigenvalue weighted by atomic mass is 10.1. The van der Waals surface area contributed by atoms with Crippen LogP contribution in [-0.2, 0) is 6.42 Å². The Hall–Kier alpha value is -0.870. The molecule has 0 saturated heterocycles. The molecule has 0 saturated carbocycles. The molecule has 0 radical (unpaired) electrons. The van der Waals surface area contributed by atoms with Gasteiger partial charge in [0.2, 0.25) is 0 Å². The molecule has 0 aliphatic carbocycles. The van der Waals surface area contributed by atoms with Crippen molar-refractivity contribution in [1.82, 2.24) is 4.98 Å². The van der Waals surface area contributed by atoms with Gasteiger partial charge < -0.3 is 4.74 Å². The zero-order chi connectivity index (χ0) is 13.0. The Labute approximate surface area is 124 Å². The van der Waals surface area contributed by atoms with Gasteiger partial charge in [0.15, 0.2) is 0 Å². The summed E-state index contributed by atoms with van der Waals surface area (Å²) in [5, 5.41) is 0. The van der Waals surface area contributed by atoms with Gasteiger partial charge in [-0.2, -0.15) is 0 Å². The molecule has 4 heteroatoms. The molecular formula is C14H13Br2NO. The van der Waals surface area contributed by atoms with E-state index in [-0.39, 0.29) is 4.83 Å². The van der Waals surface area contributed by atoms with Crippen molar-refractivity contribution in [1.29, 1.82) is 0 Å². The van der Waals surface area contributed by atoms with Crippen molar-refractivity contribution >= 4 is 31.9 Å². The fraction of sp³-hybridized carbons (Fsp3) is 0.214. The maximum atomic E-state index is 5.25. The quantitative estimate of drug-likeness (QED) is 0.737. The van der Waals surface area contributed by atoms with Crippen molar-refractivity contribution in [3.63, 3.8) is 0 Å². The predicted octanol–water partition coefficient (Wildman–Crippen LogP) is 4.53. The van der Waals surface area contributed by atoms with Crippen molar-refractivity contribution in [2.45, 2.75) is 11.2 Å². The van der Waals surface area contributed by atoms with Crippen LogP contribution in [0.3, 0.4) is 0 Å². The van der Waals surface area contributed by atoms with E-state index in [1.165, 1.54) is 5.56 Å². The van der Waals surface area contributed by atoms with Gasteiger partial charge in [-0.05, 0) is 35.9 Å². The van der Waals surface area contributed by atoms with Gasteiger partial charge in [-0.15, -0.1) is 0 Å². The number of rotatable bonds is 4. The largest absolute Gasteiger partial charge is 0.497 e. The summed E-state index contributed by atoms with van der Waals surface area (Å²) in [6.45, 7) is 0. The highest BCUT2D eigenvalue weighted by Gasteiger charge is 2.13. The zero-order valence-corrected chi connectivity index (χ0v) is 13.1. The number of methoxy groups -OCH3 is 1. The molecule has 94 valence electrons. The first kappa shape index (κ1) is 13.6. The van der Waals surface area contributed by atoms with Gasteiger partial charge in [0.1, 0.15) is 5.75 Å². The first-order valence-corrected chi connectivity index (χ1v) is 7.29. The highest BCUT2D eigenvalue weighted by Crippen LogP contribution is 2.34. The van der Waals surface area contributed by atoms with Crippen LogP contribution in [0.25, 0.3) is 0 Å². The van der Waals surface area contributed by atoms with Gasteiger partial charge in [0, 0.05) is 27.6 Å². The number of benzene rings is 1. The molecule has 0 aliphatic heterocycles. The molecule has 0 spiro atoms. The Morgan fingerprint density at radius 2 is 2.11 bits per heavy atom. The lowest BCUT2D eigenvalue weighted by Crippen LogP contribution is -1.99. The Bertz CT molecular complexity index is 516. The molecule has 0 amide bonds. The second-order valence-electron chi connectivity index (χ2n) is 3.88. The molecule has 1 heterocycles. The minimum absolute atomic E-state index is 0.205. The van der Waals surface area contributed by atoms with E-state index in [0.717, 1.165) is 22.3 Å². The Kier molecular flexibility index (Phi) is 4.78. The number of halogens is 2. The molecule has 18 heavy (non-hydrogen) atoms. The van der Waals surface area contributed by atoms with Gasteiger partial charge >= 0.3 is 0 Å². The van der Waals surface area contributed by atoms with Crippen LogP contribution in [0.1, 0.15) is 16.1 Å². The van der Waals surface area contributed by atoms with E-state index in [1.807, 2.05) is 42.6 Å². The number of ether oxygens (including phenoxy) is 1. The van der Waals surface area contributed by atoms with E-state index in [2.05, 4.69) is 36.8 Å². The van der Waals surface area contributed by atoms with Crippen LogP contribution in [-0.4, -0.2) is 12.1 Å². The number of aromatic nitrogens is 1. The molecule has 0 fully saturated rings. The maximum Gasteiger partial charge on any atom is 0.119 e. The Morgan fingerprint density at radius 3 is 2.78 bits per heavy atom. The highest BCUT2D eigenvalue weighted by molar-refractivity contribution is 9.11. The predicted molar refractivity (Wildman–Crippen MR) is 80.3 cm³/mol. The number of alkyl halides is 1. The summed E-state index contributed by atoms with van der Waals surface area (Å²) < 4.78 is 6.32. The van der Waals surface area contributed by atoms with Gasteiger partial charge in [-0.3, -0.25) is 4.98 Å². The fourth-order valence-corrected chi connectivity index (χ4v) is 3.24. The minimum Gasteiger partial charge on any atom is -0.497 e. The summed E-state index contributed by atoms with van der Waals surface area (Å²) in [5.74, 6) is 0.860. The lowest BCUT2D eigenvalue weighted by molar-refractivity contribution is 0.414. The smallest absolute Gasteiger partial charge is 0.119 e. The van der Waals surface area contributed by atoms with Crippen molar-refractivity contribution in [2.24, 2.45) is 0 Å². The van der Waals surface area contributed by atoms with Gasteiger partial charge in [-0.25, -0.2) is 0 Å². The topological polar surface area (TPSA) is 22.1 Å². The average Bonchev–Trinajstić information content (AvgIpc) is 2.40. The normalized spacial score (nSPS) is 12.2. The number of pyridine rings is 1. The molecule has 0 aliphatic rings. The molecular weight excluding hydrogens is 358 g/mol. The van der Waals surface area contributed by atoms with E-state index in [0.29, 0.717) is 0 Å². The zero-order valence-electron chi connectivity index (χ0n) is 9.94. The first-order valence-electron chi connectivity index (χ1n) is 5.58. The van der Waals surface area contributed by atoms with E-state index in [9.17, 15) is 0 Å². The summed E-state index contributed by atoms with van der Waals surface area (Å²) in [4.78, 5) is 4.55. The van der Waals surface area contributed by atoms with Gasteiger partial charge in [0.05, 0.1) is 7.11 Å². The minimum atomic E-state index is 0.205. The average molecular weight is 371 g/mol. The third-order valence-electron chi connectivity index (χ3n) is 2.66. The molecule has 2 rings (SSSR count). The van der Waals surface area contributed by atoms with Crippen LogP contribution in [0, 0.1) is 0 Å². The number of hydrogen-bond acceptors (Lipinski definition) is 2. The van der Waals surface area contributed by atoms with E-state index >= 15 is 0 Å². The molecule has 1 atom stereocenters. The summed E-state index contributed by atoms with van der Waals surface area (Å²) in [5.41, 5.74) is 2.23. The summed E-state index contributed by atoms with van der Waals surface area (Å²) >= 11 is 7.28. The third-order valence-corrected chi connectivity index (χ3v) is 4.19. The lowest BCUT2D eigenvalue weighted by Gasteiger charge is -2.13. The molecule has 0 bridgehead atoms. The molecule has 1 unspecified atom stereocenters. The van der Waals surface area contributed by atoms with Gasteiger partial charge in [-0.1, -0.05) is 37.9 Å². The van der Waals surface area contributed by atoms with E-state index in [4.69, 9.17) is 4.74 Å². The molecule has 2 aromatic rings. The first-order chi connectivity index (χ1) is 8.70. The van der Waals surface area contributed by atoms with E-state index in [1.54, 1.807) is 7.11 Å². The van der Waals surface area contributed by atoms with Crippen LogP contribution in [0.5, 0.6) is 5.75 Å². The molecule has 2 nitrogen and oxygen atoms in total. The summed E-state index contributed by atoms with van der Waals surface area (Å²) in [7, 11) is 1.68. The van der Waals surface area contributed by atoms with Crippen LogP contribution in [0.2, 0.25) is 0 Å². The van der Waals surface area contributed by atoms with Crippen molar-refractivity contribution in [3.05, 3.63) is 58.3 Å². The summed E-state index contributed by atoms with van der Waals surface area (Å²) in [6, 6.07) is 11.9. The third kappa shape index (κ3) is 3.33. The van der Waals surface area contributed by atoms with E-state index < -0.39 is 0 Å². The highest BCUT2D eigenvalue weighted by atomic mass is 79.9. The van der Waals surface area contributed by atoms with Crippen LogP contribution < -0.4 is 4.74 Å². The Balaban J connectivity index is 2.20. The molecule has 1 aromatic carbocycles. The number of hydrogen-bond donors (Lipinski definition) is 0. The summed E-state index contributed by atoms with van der Waals surface area (Å²) in [6.07, 6.45) is 2.66. The second-order valence-corrected chi connectivity index (χ2v) is 5.84. The van der Waals surface area contributed by atoms with Gasteiger partial charge in [0.25, 0.3) is 0 Å². The van der Waals surface area contributed by atoms with Crippen molar-refractivity contribution in [2.75, 3.05) is 7.11 Å². The molecule has 0 N–H and O–H groups in total. The van der Waals surface area contributed by atoms with Crippen LogP contribution in [0.4, 0.5) is 0 Å². The van der Waals surface area contributed by atoms with Crippen molar-refractivity contribution in [3.8, 4) is 5.75 Å². The fourth-order valence-electron chi connectivity index (χ4n) is 1.70. The Morgan fingerprint density at radius 1 is 1.28 bits per heavy atom. The monoisotopic (exact) mass is 369 g/mol. The standard InChI is InChI=1S/C14H13Br2NO/c1-18-11-5-6-13(15)12(9-11)14(16)8-10-4-2-3-7-17-10/h2-7,9,14H,8H2,1H3. The van der Waals surface area contributed by atoms with Crippen LogP contribution in [0.15, 0.2) is 47.1 Å². The number of nitrogens with zero attached hydrogens (tertiary/aromatic N) is 1.